The maximum Gasteiger partial charge on any atom is 0.407 e. The predicted octanol–water partition coefficient (Wildman–Crippen LogP) is 2.45. The number of nitrogens with one attached hydrogen (secondary N) is 2. The van der Waals surface area contributed by atoms with Crippen LogP contribution >= 0.6 is 0 Å². The first-order chi connectivity index (χ1) is 10.9. The number of hydrogen-bond donors (Lipinski definition) is 2. The van der Waals surface area contributed by atoms with E-state index in [1.807, 2.05) is 32.9 Å². The molecule has 1 fully saturated rings. The molecule has 3 rings (SSSR count). The number of ether oxygens (including phenoxy) is 1. The summed E-state index contributed by atoms with van der Waals surface area (Å²) in [6, 6.07) is 3.90. The Bertz CT molecular complexity index is 658. The largest absolute Gasteiger partial charge is 0.444 e. The molecule has 7 heteroatoms. The Balaban J connectivity index is 1.65. The second-order valence-electron chi connectivity index (χ2n) is 6.87. The van der Waals surface area contributed by atoms with Crippen molar-refractivity contribution in [2.45, 2.75) is 45.3 Å². The molecule has 0 spiro atoms. The minimum absolute atomic E-state index is 0.0553. The molecule has 7 nitrogen and oxygen atoms in total. The molecule has 1 unspecified atom stereocenters. The Hall–Kier alpha value is -2.31. The van der Waals surface area contributed by atoms with Crippen LogP contribution in [-0.2, 0) is 4.74 Å². The third-order valence-electron chi connectivity index (χ3n) is 3.69. The number of carbonyl (C=O) groups is 1. The van der Waals surface area contributed by atoms with E-state index >= 15 is 0 Å². The van der Waals surface area contributed by atoms with Gasteiger partial charge < -0.3 is 19.9 Å². The van der Waals surface area contributed by atoms with Crippen LogP contribution in [0.2, 0.25) is 0 Å². The van der Waals surface area contributed by atoms with Gasteiger partial charge in [-0.25, -0.2) is 9.78 Å². The summed E-state index contributed by atoms with van der Waals surface area (Å²) in [4.78, 5) is 26.1. The van der Waals surface area contributed by atoms with Crippen LogP contribution in [0.4, 0.5) is 10.7 Å². The van der Waals surface area contributed by atoms with E-state index < -0.39 is 5.60 Å². The summed E-state index contributed by atoms with van der Waals surface area (Å²) in [5.74, 6) is 0.800. The summed E-state index contributed by atoms with van der Waals surface area (Å²) in [7, 11) is 0. The van der Waals surface area contributed by atoms with Crippen molar-refractivity contribution in [2.24, 2.45) is 0 Å². The fraction of sp³-hybridized carbons (Fsp3) is 0.562. The van der Waals surface area contributed by atoms with Crippen molar-refractivity contribution < 1.29 is 9.53 Å². The average molecular weight is 317 g/mol. The normalized spacial score (nSPS) is 18.9. The van der Waals surface area contributed by atoms with Gasteiger partial charge in [0.25, 0.3) is 0 Å². The Morgan fingerprint density at radius 3 is 3.04 bits per heavy atom. The first-order valence-corrected chi connectivity index (χ1v) is 7.96. The van der Waals surface area contributed by atoms with E-state index in [1.54, 1.807) is 6.20 Å². The van der Waals surface area contributed by atoms with Gasteiger partial charge >= 0.3 is 6.09 Å². The highest BCUT2D eigenvalue weighted by Crippen LogP contribution is 2.20. The number of anilines is 1. The van der Waals surface area contributed by atoms with Gasteiger partial charge in [-0.15, -0.1) is 0 Å². The van der Waals surface area contributed by atoms with E-state index in [2.05, 4.69) is 25.2 Å². The van der Waals surface area contributed by atoms with Gasteiger partial charge in [0.05, 0.1) is 5.52 Å². The summed E-state index contributed by atoms with van der Waals surface area (Å²) >= 11 is 0. The van der Waals surface area contributed by atoms with Crippen molar-refractivity contribution >= 4 is 23.2 Å². The lowest BCUT2D eigenvalue weighted by molar-refractivity contribution is 0.0500. The maximum atomic E-state index is 11.9. The monoisotopic (exact) mass is 317 g/mol. The first-order valence-electron chi connectivity index (χ1n) is 7.96. The van der Waals surface area contributed by atoms with E-state index in [4.69, 9.17) is 4.74 Å². The number of nitrogens with zero attached hydrogens (tertiary/aromatic N) is 3. The summed E-state index contributed by atoms with van der Waals surface area (Å²) in [5.41, 5.74) is 1.15. The minimum atomic E-state index is -0.483. The molecule has 124 valence electrons. The van der Waals surface area contributed by atoms with Gasteiger partial charge in [-0.05, 0) is 45.7 Å². The van der Waals surface area contributed by atoms with Gasteiger partial charge in [0.2, 0.25) is 5.95 Å². The number of pyridine rings is 1. The molecule has 1 amide bonds. The smallest absolute Gasteiger partial charge is 0.407 e. The van der Waals surface area contributed by atoms with E-state index in [1.165, 1.54) is 0 Å². The number of rotatable bonds is 2. The lowest BCUT2D eigenvalue weighted by Crippen LogP contribution is -2.49. The number of imidazole rings is 1. The Kier molecular flexibility index (Phi) is 4.11. The molecule has 2 aromatic heterocycles. The zero-order chi connectivity index (χ0) is 16.4. The van der Waals surface area contributed by atoms with E-state index in [9.17, 15) is 4.79 Å². The molecule has 2 N–H and O–H groups in total. The second kappa shape index (κ2) is 6.06. The number of alkyl carbamates (subject to hydrolysis) is 1. The standard InChI is InChI=1S/C16H23N5O2/c1-16(2,3)23-15(22)18-11-6-5-9-21(10-11)14-19-12-7-4-8-17-13(12)20-14/h4,7-8,11H,5-6,9-10H2,1-3H3,(H,18,22)(H,17,19,20). The molecule has 1 saturated heterocycles. The molecule has 0 bridgehead atoms. The van der Waals surface area contributed by atoms with Crippen LogP contribution in [0.5, 0.6) is 0 Å². The van der Waals surface area contributed by atoms with E-state index in [0.717, 1.165) is 30.9 Å². The van der Waals surface area contributed by atoms with Gasteiger partial charge in [0, 0.05) is 25.3 Å². The minimum Gasteiger partial charge on any atom is -0.444 e. The van der Waals surface area contributed by atoms with E-state index in [0.29, 0.717) is 12.2 Å². The van der Waals surface area contributed by atoms with Crippen molar-refractivity contribution in [3.05, 3.63) is 18.3 Å². The third kappa shape index (κ3) is 3.91. The van der Waals surface area contributed by atoms with Crippen molar-refractivity contribution in [1.29, 1.82) is 0 Å². The van der Waals surface area contributed by atoms with Crippen molar-refractivity contribution in [1.82, 2.24) is 20.3 Å². The molecule has 23 heavy (non-hydrogen) atoms. The van der Waals surface area contributed by atoms with Crippen LogP contribution in [0.15, 0.2) is 18.3 Å². The fourth-order valence-electron chi connectivity index (χ4n) is 2.74. The zero-order valence-electron chi connectivity index (χ0n) is 13.8. The van der Waals surface area contributed by atoms with E-state index in [-0.39, 0.29) is 12.1 Å². The zero-order valence-corrected chi connectivity index (χ0v) is 13.8. The molecule has 0 aliphatic carbocycles. The Labute approximate surface area is 135 Å². The molecule has 1 aliphatic heterocycles. The third-order valence-corrected chi connectivity index (χ3v) is 3.69. The van der Waals surface area contributed by atoms with Crippen LogP contribution in [-0.4, -0.2) is 45.8 Å². The van der Waals surface area contributed by atoms with Crippen LogP contribution in [0, 0.1) is 0 Å². The summed E-state index contributed by atoms with van der Waals surface area (Å²) in [5, 5.41) is 2.95. The molecule has 1 aliphatic rings. The second-order valence-corrected chi connectivity index (χ2v) is 6.87. The predicted molar refractivity (Wildman–Crippen MR) is 88.5 cm³/mol. The molecule has 0 aromatic carbocycles. The van der Waals surface area contributed by atoms with Crippen molar-refractivity contribution in [3.8, 4) is 0 Å². The van der Waals surface area contributed by atoms with Gasteiger partial charge in [0.1, 0.15) is 5.60 Å². The summed E-state index contributed by atoms with van der Waals surface area (Å²) in [6.45, 7) is 7.20. The van der Waals surface area contributed by atoms with Gasteiger partial charge in [-0.1, -0.05) is 0 Å². The molecule has 0 saturated carbocycles. The van der Waals surface area contributed by atoms with Crippen LogP contribution in [0.25, 0.3) is 11.2 Å². The van der Waals surface area contributed by atoms with Gasteiger partial charge in [0.15, 0.2) is 5.65 Å². The number of H-pyrrole nitrogens is 1. The Morgan fingerprint density at radius 2 is 2.30 bits per heavy atom. The van der Waals surface area contributed by atoms with Gasteiger partial charge in [-0.3, -0.25) is 0 Å². The first kappa shape index (κ1) is 15.6. The van der Waals surface area contributed by atoms with Crippen molar-refractivity contribution in [3.63, 3.8) is 0 Å². The van der Waals surface area contributed by atoms with Crippen LogP contribution in [0.1, 0.15) is 33.6 Å². The number of amides is 1. The molecule has 2 aromatic rings. The lowest BCUT2D eigenvalue weighted by Gasteiger charge is -2.33. The molecule has 0 radical (unpaired) electrons. The number of aromatic nitrogens is 3. The summed E-state index contributed by atoms with van der Waals surface area (Å²) < 4.78 is 5.33. The quantitative estimate of drug-likeness (QED) is 0.889. The highest BCUT2D eigenvalue weighted by Gasteiger charge is 2.25. The molecule has 3 heterocycles. The van der Waals surface area contributed by atoms with Crippen molar-refractivity contribution in [2.75, 3.05) is 18.0 Å². The highest BCUT2D eigenvalue weighted by atomic mass is 16.6. The topological polar surface area (TPSA) is 83.1 Å². The molecular weight excluding hydrogens is 294 g/mol. The van der Waals surface area contributed by atoms with Crippen LogP contribution < -0.4 is 10.2 Å². The highest BCUT2D eigenvalue weighted by molar-refractivity contribution is 5.73. The number of hydrogen-bond acceptors (Lipinski definition) is 5. The SMILES string of the molecule is CC(C)(C)OC(=O)NC1CCCN(c2nc3ncccc3[nH]2)C1. The fourth-order valence-corrected chi connectivity index (χ4v) is 2.74. The number of carbonyl (C=O) groups excluding carboxylic acids is 1. The lowest BCUT2D eigenvalue weighted by atomic mass is 10.1. The summed E-state index contributed by atoms with van der Waals surface area (Å²) in [6.07, 6.45) is 3.30. The maximum absolute atomic E-state index is 11.9. The Morgan fingerprint density at radius 1 is 1.48 bits per heavy atom. The molecule has 1 atom stereocenters. The van der Waals surface area contributed by atoms with Crippen LogP contribution in [0.3, 0.4) is 0 Å². The number of fused-ring (bicyclic) bond motifs is 1. The van der Waals surface area contributed by atoms with Gasteiger partial charge in [-0.2, -0.15) is 4.98 Å². The average Bonchev–Trinajstić information content (AvgIpc) is 2.89. The number of piperidine rings is 1. The number of aromatic amines is 1. The molecular formula is C16H23N5O2.